The van der Waals surface area contributed by atoms with Gasteiger partial charge in [-0.2, -0.15) is 0 Å². The van der Waals surface area contributed by atoms with Crippen LogP contribution in [0.5, 0.6) is 0 Å². The lowest BCUT2D eigenvalue weighted by Gasteiger charge is -2.32. The number of methoxy groups -OCH3 is 1. The number of carbonyl (C=O) groups is 2. The fraction of sp³-hybridized carbons (Fsp3) is 0.474. The maximum Gasteiger partial charge on any atom is 0.410 e. The van der Waals surface area contributed by atoms with Gasteiger partial charge in [-0.1, -0.05) is 30.3 Å². The number of ether oxygens (including phenoxy) is 2. The highest BCUT2D eigenvalue weighted by Gasteiger charge is 2.30. The van der Waals surface area contributed by atoms with Crippen LogP contribution >= 0.6 is 0 Å². The first kappa shape index (κ1) is 18.8. The van der Waals surface area contributed by atoms with Crippen molar-refractivity contribution < 1.29 is 19.1 Å². The van der Waals surface area contributed by atoms with Crippen LogP contribution < -0.4 is 5.32 Å². The molecule has 136 valence electrons. The maximum absolute atomic E-state index is 12.3. The minimum atomic E-state index is -0.571. The minimum Gasteiger partial charge on any atom is -0.466 e. The molecule has 1 N–H and O–H groups in total. The van der Waals surface area contributed by atoms with E-state index in [0.29, 0.717) is 25.1 Å². The Morgan fingerprint density at radius 2 is 1.88 bits per heavy atom. The molecular weight excluding hydrogens is 320 g/mol. The monoisotopic (exact) mass is 346 g/mol. The largest absolute Gasteiger partial charge is 0.466 e. The van der Waals surface area contributed by atoms with Gasteiger partial charge in [-0.25, -0.2) is 9.59 Å². The van der Waals surface area contributed by atoms with E-state index in [-0.39, 0.29) is 6.54 Å². The Kier molecular flexibility index (Phi) is 6.07. The summed E-state index contributed by atoms with van der Waals surface area (Å²) in [5.74, 6) is -0.427. The fourth-order valence-corrected chi connectivity index (χ4v) is 2.56. The molecule has 1 amide bonds. The van der Waals surface area contributed by atoms with Crippen molar-refractivity contribution in [2.24, 2.45) is 0 Å². The summed E-state index contributed by atoms with van der Waals surface area (Å²) in [5, 5.41) is 3.31. The molecule has 0 spiro atoms. The zero-order valence-corrected chi connectivity index (χ0v) is 15.3. The highest BCUT2D eigenvalue weighted by Crippen LogP contribution is 2.20. The van der Waals surface area contributed by atoms with E-state index in [9.17, 15) is 9.59 Å². The van der Waals surface area contributed by atoms with E-state index in [1.807, 2.05) is 51.1 Å². The van der Waals surface area contributed by atoms with Crippen molar-refractivity contribution >= 4 is 12.1 Å². The molecule has 0 aromatic heterocycles. The van der Waals surface area contributed by atoms with Crippen LogP contribution in [0.25, 0.3) is 0 Å². The predicted molar refractivity (Wildman–Crippen MR) is 94.7 cm³/mol. The van der Waals surface area contributed by atoms with Crippen molar-refractivity contribution in [2.75, 3.05) is 20.2 Å². The molecule has 0 radical (unpaired) electrons. The normalized spacial score (nSPS) is 15.0. The molecule has 0 atom stereocenters. The van der Waals surface area contributed by atoms with Crippen LogP contribution in [0.3, 0.4) is 0 Å². The van der Waals surface area contributed by atoms with Gasteiger partial charge in [-0.05, 0) is 26.3 Å². The fourth-order valence-electron chi connectivity index (χ4n) is 2.56. The Hall–Kier alpha value is -2.50. The molecule has 1 aliphatic rings. The van der Waals surface area contributed by atoms with E-state index in [4.69, 9.17) is 9.47 Å². The first-order valence-electron chi connectivity index (χ1n) is 8.36. The molecule has 1 aromatic rings. The molecule has 2 rings (SSSR count). The van der Waals surface area contributed by atoms with Gasteiger partial charge in [0.05, 0.1) is 19.2 Å². The maximum atomic E-state index is 12.3. The number of benzene rings is 1. The van der Waals surface area contributed by atoms with Crippen molar-refractivity contribution in [3.8, 4) is 0 Å². The minimum absolute atomic E-state index is 0.179. The molecular formula is C19H26N2O4. The van der Waals surface area contributed by atoms with E-state index in [2.05, 4.69) is 5.32 Å². The third-order valence-corrected chi connectivity index (χ3v) is 3.78. The molecule has 25 heavy (non-hydrogen) atoms. The SMILES string of the molecule is COC(=O)C1=C(NCc2ccccc2)CCN(C(=O)OC(C)(C)C)C1. The van der Waals surface area contributed by atoms with Gasteiger partial charge in [0.1, 0.15) is 5.60 Å². The number of hydrogen-bond acceptors (Lipinski definition) is 5. The highest BCUT2D eigenvalue weighted by atomic mass is 16.6. The van der Waals surface area contributed by atoms with E-state index < -0.39 is 17.7 Å². The average molecular weight is 346 g/mol. The summed E-state index contributed by atoms with van der Waals surface area (Å²) in [6.07, 6.45) is 0.132. The molecule has 6 nitrogen and oxygen atoms in total. The van der Waals surface area contributed by atoms with Gasteiger partial charge < -0.3 is 19.7 Å². The third kappa shape index (κ3) is 5.52. The Labute approximate surface area is 148 Å². The Balaban J connectivity index is 2.10. The van der Waals surface area contributed by atoms with Crippen LogP contribution in [0, 0.1) is 0 Å². The van der Waals surface area contributed by atoms with Gasteiger partial charge in [0.2, 0.25) is 0 Å². The van der Waals surface area contributed by atoms with E-state index in [0.717, 1.165) is 11.3 Å². The molecule has 0 fully saturated rings. The quantitative estimate of drug-likeness (QED) is 0.849. The smallest absolute Gasteiger partial charge is 0.410 e. The lowest BCUT2D eigenvalue weighted by atomic mass is 10.1. The second kappa shape index (κ2) is 8.05. The van der Waals surface area contributed by atoms with Gasteiger partial charge in [0, 0.05) is 25.2 Å². The molecule has 6 heteroatoms. The Morgan fingerprint density at radius 1 is 1.20 bits per heavy atom. The average Bonchev–Trinajstić information content (AvgIpc) is 2.58. The number of rotatable bonds is 4. The van der Waals surface area contributed by atoms with Crippen LogP contribution in [-0.4, -0.2) is 42.8 Å². The van der Waals surface area contributed by atoms with Gasteiger partial charge in [0.25, 0.3) is 0 Å². The molecule has 1 aromatic carbocycles. The number of amides is 1. The van der Waals surface area contributed by atoms with Gasteiger partial charge >= 0.3 is 12.1 Å². The van der Waals surface area contributed by atoms with E-state index in [1.54, 1.807) is 0 Å². The van der Waals surface area contributed by atoms with Crippen molar-refractivity contribution in [1.29, 1.82) is 0 Å². The molecule has 0 unspecified atom stereocenters. The third-order valence-electron chi connectivity index (χ3n) is 3.78. The lowest BCUT2D eigenvalue weighted by molar-refractivity contribution is -0.136. The summed E-state index contributed by atoms with van der Waals surface area (Å²) in [5.41, 5.74) is 1.83. The van der Waals surface area contributed by atoms with Crippen LogP contribution in [0.15, 0.2) is 41.6 Å². The summed E-state index contributed by atoms with van der Waals surface area (Å²) in [6.45, 7) is 6.74. The number of nitrogens with one attached hydrogen (secondary N) is 1. The lowest BCUT2D eigenvalue weighted by Crippen LogP contribution is -2.43. The summed E-state index contributed by atoms with van der Waals surface area (Å²) in [6, 6.07) is 9.93. The topological polar surface area (TPSA) is 67.9 Å². The van der Waals surface area contributed by atoms with Gasteiger partial charge in [-0.3, -0.25) is 0 Å². The van der Waals surface area contributed by atoms with Crippen molar-refractivity contribution in [3.05, 3.63) is 47.2 Å². The molecule has 0 saturated carbocycles. The van der Waals surface area contributed by atoms with E-state index in [1.165, 1.54) is 12.0 Å². The van der Waals surface area contributed by atoms with Crippen molar-refractivity contribution in [2.45, 2.75) is 39.3 Å². The van der Waals surface area contributed by atoms with Crippen LogP contribution in [0.4, 0.5) is 4.79 Å². The predicted octanol–water partition coefficient (Wildman–Crippen LogP) is 2.84. The molecule has 0 bridgehead atoms. The summed E-state index contributed by atoms with van der Waals surface area (Å²) in [7, 11) is 1.34. The zero-order valence-electron chi connectivity index (χ0n) is 15.3. The number of carbonyl (C=O) groups excluding carboxylic acids is 2. The van der Waals surface area contributed by atoms with Crippen molar-refractivity contribution in [3.63, 3.8) is 0 Å². The second-order valence-electron chi connectivity index (χ2n) is 6.94. The summed E-state index contributed by atoms with van der Waals surface area (Å²) < 4.78 is 10.3. The first-order valence-corrected chi connectivity index (χ1v) is 8.36. The number of nitrogens with zero attached hydrogens (tertiary/aromatic N) is 1. The highest BCUT2D eigenvalue weighted by molar-refractivity contribution is 5.90. The number of hydrogen-bond donors (Lipinski definition) is 1. The molecule has 1 aliphatic heterocycles. The number of esters is 1. The summed E-state index contributed by atoms with van der Waals surface area (Å²) >= 11 is 0. The van der Waals surface area contributed by atoms with Gasteiger partial charge in [0.15, 0.2) is 0 Å². The van der Waals surface area contributed by atoms with Crippen LogP contribution in [0.1, 0.15) is 32.8 Å². The second-order valence-corrected chi connectivity index (χ2v) is 6.94. The van der Waals surface area contributed by atoms with Crippen molar-refractivity contribution in [1.82, 2.24) is 10.2 Å². The Morgan fingerprint density at radius 3 is 2.48 bits per heavy atom. The Bertz CT molecular complexity index is 647. The van der Waals surface area contributed by atoms with Crippen LogP contribution in [-0.2, 0) is 20.8 Å². The van der Waals surface area contributed by atoms with E-state index >= 15 is 0 Å². The van der Waals surface area contributed by atoms with Crippen LogP contribution in [0.2, 0.25) is 0 Å². The standard InChI is InChI=1S/C19H26N2O4/c1-19(2,3)25-18(23)21-11-10-16(15(13-21)17(22)24-4)20-12-14-8-6-5-7-9-14/h5-9,20H,10-13H2,1-4H3. The zero-order chi connectivity index (χ0) is 18.4. The first-order chi connectivity index (χ1) is 11.8. The molecule has 0 aliphatic carbocycles. The molecule has 0 saturated heterocycles. The summed E-state index contributed by atoms with van der Waals surface area (Å²) in [4.78, 5) is 25.9. The molecule has 1 heterocycles. The van der Waals surface area contributed by atoms with Gasteiger partial charge in [-0.15, -0.1) is 0 Å².